The predicted octanol–water partition coefficient (Wildman–Crippen LogP) is 1.42. The Kier molecular flexibility index (Phi) is 4.62. The Hall–Kier alpha value is -1.05. The van der Waals surface area contributed by atoms with Crippen molar-refractivity contribution in [3.05, 3.63) is 0 Å². The van der Waals surface area contributed by atoms with E-state index in [-0.39, 0.29) is 31.2 Å². The van der Waals surface area contributed by atoms with Crippen LogP contribution in [0.15, 0.2) is 0 Å². The monoisotopic (exact) mass is 252 g/mol. The molecule has 0 amide bonds. The van der Waals surface area contributed by atoms with E-state index in [9.17, 15) is 9.90 Å². The molecule has 0 aromatic heterocycles. The lowest BCUT2D eigenvalue weighted by atomic mass is 9.78. The summed E-state index contributed by atoms with van der Waals surface area (Å²) in [6.07, 6.45) is 4.87. The van der Waals surface area contributed by atoms with Crippen LogP contribution in [0.5, 0.6) is 0 Å². The quantitative estimate of drug-likeness (QED) is 0.573. The average molecular weight is 252 g/mol. The van der Waals surface area contributed by atoms with Crippen molar-refractivity contribution >= 4 is 5.97 Å². The van der Waals surface area contributed by atoms with E-state index >= 15 is 0 Å². The third-order valence-corrected chi connectivity index (χ3v) is 3.96. The Morgan fingerprint density at radius 2 is 1.94 bits per heavy atom. The second-order valence-corrected chi connectivity index (χ2v) is 5.11. The van der Waals surface area contributed by atoms with Crippen molar-refractivity contribution in [3.8, 4) is 11.8 Å². The summed E-state index contributed by atoms with van der Waals surface area (Å²) in [5.74, 6) is 5.98. The van der Waals surface area contributed by atoms with Crippen molar-refractivity contribution in [2.24, 2.45) is 11.8 Å². The third-order valence-electron chi connectivity index (χ3n) is 3.96. The smallest absolute Gasteiger partial charge is 0.303 e. The molecule has 2 N–H and O–H groups in total. The molecular weight excluding hydrogens is 232 g/mol. The van der Waals surface area contributed by atoms with Gasteiger partial charge in [-0.3, -0.25) is 4.79 Å². The van der Waals surface area contributed by atoms with Crippen LogP contribution >= 0.6 is 0 Å². The minimum Gasteiger partial charge on any atom is -0.481 e. The van der Waals surface area contributed by atoms with Gasteiger partial charge in [0, 0.05) is 37.7 Å². The Bertz CT molecular complexity index is 355. The molecular formula is C14H20O4. The molecule has 2 aliphatic heterocycles. The fourth-order valence-electron chi connectivity index (χ4n) is 3.01. The Labute approximate surface area is 107 Å². The average Bonchev–Trinajstić information content (AvgIpc) is 2.93. The number of rotatable bonds is 5. The largest absolute Gasteiger partial charge is 0.481 e. The maximum Gasteiger partial charge on any atom is 0.303 e. The number of ether oxygens (including phenoxy) is 1. The normalized spacial score (nSPS) is 33.2. The number of hydrogen-bond acceptors (Lipinski definition) is 3. The number of aliphatic carboxylic acids is 1. The summed E-state index contributed by atoms with van der Waals surface area (Å²) in [5.41, 5.74) is 0. The van der Waals surface area contributed by atoms with Crippen molar-refractivity contribution in [1.29, 1.82) is 0 Å². The first-order valence-electron chi connectivity index (χ1n) is 6.66. The molecule has 4 atom stereocenters. The molecule has 2 heterocycles. The van der Waals surface area contributed by atoms with Gasteiger partial charge < -0.3 is 14.9 Å². The number of aliphatic hydroxyl groups is 1. The molecule has 0 spiro atoms. The predicted molar refractivity (Wildman–Crippen MR) is 65.8 cm³/mol. The van der Waals surface area contributed by atoms with Crippen molar-refractivity contribution in [2.45, 2.75) is 50.7 Å². The molecule has 2 rings (SSSR count). The number of carboxylic acid groups (broad SMARTS) is 1. The van der Waals surface area contributed by atoms with E-state index in [0.29, 0.717) is 18.8 Å². The molecule has 0 aromatic carbocycles. The number of carbonyl (C=O) groups is 1. The molecule has 2 saturated heterocycles. The van der Waals surface area contributed by atoms with Gasteiger partial charge in [0.15, 0.2) is 0 Å². The number of hydrogen-bond donors (Lipinski definition) is 2. The van der Waals surface area contributed by atoms with Gasteiger partial charge in [-0.25, -0.2) is 0 Å². The van der Waals surface area contributed by atoms with Crippen molar-refractivity contribution in [1.82, 2.24) is 0 Å². The van der Waals surface area contributed by atoms with Gasteiger partial charge in [0.2, 0.25) is 0 Å². The van der Waals surface area contributed by atoms with E-state index in [1.165, 1.54) is 0 Å². The first kappa shape index (κ1) is 13.4. The molecule has 0 saturated carbocycles. The molecule has 0 aliphatic carbocycles. The van der Waals surface area contributed by atoms with Crippen LogP contribution < -0.4 is 0 Å². The van der Waals surface area contributed by atoms with Gasteiger partial charge in [-0.2, -0.15) is 0 Å². The summed E-state index contributed by atoms with van der Waals surface area (Å²) in [7, 11) is 0. The van der Waals surface area contributed by atoms with E-state index in [1.54, 1.807) is 0 Å². The standard InChI is InChI=1S/C14H20O4/c15-9-11-10(12-7-8-13(11)18-12)5-3-1-2-4-6-14(16)17/h10-13,15H,2,4-9H2,(H,16,17)/t10-,11+,12-,13+/m1/s1. The number of aliphatic hydroxyl groups excluding tert-OH is 1. The molecule has 2 fully saturated rings. The van der Waals surface area contributed by atoms with Gasteiger partial charge in [-0.05, 0) is 19.3 Å². The minimum absolute atomic E-state index is 0.186. The summed E-state index contributed by atoms with van der Waals surface area (Å²) < 4.78 is 5.79. The fraction of sp³-hybridized carbons (Fsp3) is 0.786. The Morgan fingerprint density at radius 1 is 1.22 bits per heavy atom. The zero-order chi connectivity index (χ0) is 13.0. The van der Waals surface area contributed by atoms with Gasteiger partial charge in [0.1, 0.15) is 0 Å². The highest BCUT2D eigenvalue weighted by atomic mass is 16.5. The lowest BCUT2D eigenvalue weighted by molar-refractivity contribution is -0.137. The summed E-state index contributed by atoms with van der Waals surface area (Å²) in [6.45, 7) is 0.187. The van der Waals surface area contributed by atoms with Crippen LogP contribution in [-0.2, 0) is 9.53 Å². The molecule has 4 nitrogen and oxygen atoms in total. The molecule has 18 heavy (non-hydrogen) atoms. The second kappa shape index (κ2) is 6.21. The zero-order valence-corrected chi connectivity index (χ0v) is 10.5. The summed E-state index contributed by atoms with van der Waals surface area (Å²) in [4.78, 5) is 10.3. The first-order valence-corrected chi connectivity index (χ1v) is 6.66. The van der Waals surface area contributed by atoms with E-state index in [4.69, 9.17) is 9.84 Å². The SMILES string of the molecule is O=C(O)CCCC#CC[C@@H]1[C@H](CO)[C@@H]2CC[C@H]1O2. The zero-order valence-electron chi connectivity index (χ0n) is 10.5. The highest BCUT2D eigenvalue weighted by molar-refractivity contribution is 5.66. The van der Waals surface area contributed by atoms with Crippen LogP contribution in [0.4, 0.5) is 0 Å². The van der Waals surface area contributed by atoms with Crippen LogP contribution in [-0.4, -0.2) is 35.0 Å². The molecule has 2 bridgehead atoms. The fourth-order valence-corrected chi connectivity index (χ4v) is 3.01. The Balaban J connectivity index is 1.73. The second-order valence-electron chi connectivity index (χ2n) is 5.11. The van der Waals surface area contributed by atoms with Crippen LogP contribution in [0.25, 0.3) is 0 Å². The Morgan fingerprint density at radius 3 is 2.61 bits per heavy atom. The highest BCUT2D eigenvalue weighted by Crippen LogP contribution is 2.44. The van der Waals surface area contributed by atoms with Crippen LogP contribution in [0.2, 0.25) is 0 Å². The lowest BCUT2D eigenvalue weighted by Gasteiger charge is -2.24. The topological polar surface area (TPSA) is 66.8 Å². The maximum absolute atomic E-state index is 10.3. The molecule has 4 heteroatoms. The van der Waals surface area contributed by atoms with Gasteiger partial charge in [0.05, 0.1) is 12.2 Å². The third kappa shape index (κ3) is 3.04. The summed E-state index contributed by atoms with van der Waals surface area (Å²) in [5, 5.41) is 17.9. The maximum atomic E-state index is 10.3. The van der Waals surface area contributed by atoms with Gasteiger partial charge in [0.25, 0.3) is 0 Å². The highest BCUT2D eigenvalue weighted by Gasteiger charge is 2.47. The molecule has 2 aliphatic rings. The molecule has 0 unspecified atom stereocenters. The van der Waals surface area contributed by atoms with Crippen LogP contribution in [0, 0.1) is 23.7 Å². The molecule has 100 valence electrons. The van der Waals surface area contributed by atoms with Gasteiger partial charge >= 0.3 is 5.97 Å². The van der Waals surface area contributed by atoms with Gasteiger partial charge in [-0.15, -0.1) is 11.8 Å². The molecule has 0 aromatic rings. The first-order chi connectivity index (χ1) is 8.72. The van der Waals surface area contributed by atoms with Crippen molar-refractivity contribution < 1.29 is 19.7 Å². The van der Waals surface area contributed by atoms with Crippen LogP contribution in [0.3, 0.4) is 0 Å². The van der Waals surface area contributed by atoms with Crippen molar-refractivity contribution in [2.75, 3.05) is 6.61 Å². The van der Waals surface area contributed by atoms with Gasteiger partial charge in [-0.1, -0.05) is 0 Å². The van der Waals surface area contributed by atoms with E-state index < -0.39 is 5.97 Å². The van der Waals surface area contributed by atoms with E-state index in [0.717, 1.165) is 19.3 Å². The minimum atomic E-state index is -0.765. The van der Waals surface area contributed by atoms with E-state index in [2.05, 4.69) is 11.8 Å². The number of unbranched alkanes of at least 4 members (excludes halogenated alkanes) is 1. The van der Waals surface area contributed by atoms with Crippen molar-refractivity contribution in [3.63, 3.8) is 0 Å². The van der Waals surface area contributed by atoms with Crippen LogP contribution in [0.1, 0.15) is 38.5 Å². The number of carboxylic acids is 1. The lowest BCUT2D eigenvalue weighted by Crippen LogP contribution is -2.29. The number of fused-ring (bicyclic) bond motifs is 2. The summed E-state index contributed by atoms with van der Waals surface area (Å²) >= 11 is 0. The molecule has 0 radical (unpaired) electrons. The van der Waals surface area contributed by atoms with E-state index in [1.807, 2.05) is 0 Å². The summed E-state index contributed by atoms with van der Waals surface area (Å²) in [6, 6.07) is 0.